The normalized spacial score (nSPS) is 34.3. The van der Waals surface area contributed by atoms with Crippen molar-refractivity contribution in [3.8, 4) is 0 Å². The maximum absolute atomic E-state index is 11.0. The van der Waals surface area contributed by atoms with Gasteiger partial charge in [-0.15, -0.1) is 0 Å². The molecule has 1 aliphatic heterocycles. The van der Waals surface area contributed by atoms with Crippen LogP contribution in [-0.4, -0.2) is 64.9 Å². The Balaban J connectivity index is 2.18. The third-order valence-electron chi connectivity index (χ3n) is 3.58. The predicted molar refractivity (Wildman–Crippen MR) is 63.9 cm³/mol. The van der Waals surface area contributed by atoms with Crippen LogP contribution in [0.15, 0.2) is 11.8 Å². The predicted octanol–water partition coefficient (Wildman–Crippen LogP) is -0.651. The van der Waals surface area contributed by atoms with Gasteiger partial charge >= 0.3 is 5.97 Å². The molecule has 19 heavy (non-hydrogen) atoms. The number of nitrogens with zero attached hydrogens (tertiary/aromatic N) is 1. The van der Waals surface area contributed by atoms with E-state index in [4.69, 9.17) is 19.8 Å². The van der Waals surface area contributed by atoms with Crippen molar-refractivity contribution in [1.29, 1.82) is 0 Å². The van der Waals surface area contributed by atoms with E-state index < -0.39 is 23.8 Å². The molecule has 0 amide bonds. The Labute approximate surface area is 111 Å². The van der Waals surface area contributed by atoms with E-state index in [0.29, 0.717) is 6.42 Å². The Morgan fingerprint density at radius 3 is 2.89 bits per heavy atom. The number of carbonyl (C=O) groups is 1. The quantitative estimate of drug-likeness (QED) is 0.553. The van der Waals surface area contributed by atoms with Crippen LogP contribution in [0.1, 0.15) is 12.8 Å². The maximum Gasteiger partial charge on any atom is 0.370 e. The largest absolute Gasteiger partial charge is 0.475 e. The number of carboxylic acids is 1. The summed E-state index contributed by atoms with van der Waals surface area (Å²) in [7, 11) is 3.42. The molecular weight excluding hydrogens is 254 g/mol. The summed E-state index contributed by atoms with van der Waals surface area (Å²) < 4.78 is 5.49. The monoisotopic (exact) mass is 273 g/mol. The molecule has 0 radical (unpaired) electrons. The number of hydroxylamine groups is 2. The number of aliphatic hydroxyl groups is 2. The van der Waals surface area contributed by atoms with Gasteiger partial charge in [0.25, 0.3) is 0 Å². The number of aliphatic hydroxyl groups excluding tert-OH is 2. The van der Waals surface area contributed by atoms with Crippen LogP contribution in [0.4, 0.5) is 0 Å². The highest BCUT2D eigenvalue weighted by Gasteiger charge is 2.74. The molecular formula is C12H19NO6. The summed E-state index contributed by atoms with van der Waals surface area (Å²) >= 11 is 0. The molecule has 0 saturated heterocycles. The fourth-order valence-corrected chi connectivity index (χ4v) is 2.70. The smallest absolute Gasteiger partial charge is 0.370 e. The van der Waals surface area contributed by atoms with E-state index in [9.17, 15) is 9.90 Å². The van der Waals surface area contributed by atoms with Gasteiger partial charge in [0.15, 0.2) is 5.60 Å². The Hall–Kier alpha value is -1.15. The number of aliphatic carboxylic acids is 1. The number of hydrogen-bond donors (Lipinski definition) is 3. The first-order valence-electron chi connectivity index (χ1n) is 6.19. The number of fused-ring (bicyclic) bond motifs is 1. The van der Waals surface area contributed by atoms with Crippen LogP contribution < -0.4 is 0 Å². The van der Waals surface area contributed by atoms with Crippen LogP contribution in [0.3, 0.4) is 0 Å². The molecule has 4 atom stereocenters. The highest BCUT2D eigenvalue weighted by atomic mass is 16.7. The van der Waals surface area contributed by atoms with Crippen LogP contribution in [0.25, 0.3) is 0 Å². The molecule has 1 saturated carbocycles. The van der Waals surface area contributed by atoms with E-state index >= 15 is 0 Å². The minimum absolute atomic E-state index is 0.0976. The molecule has 0 aromatic carbocycles. The molecule has 0 aromatic heterocycles. The lowest BCUT2D eigenvalue weighted by atomic mass is 10.0. The van der Waals surface area contributed by atoms with Crippen molar-refractivity contribution in [2.75, 3.05) is 20.7 Å². The van der Waals surface area contributed by atoms with Crippen LogP contribution in [-0.2, 0) is 14.4 Å². The first-order valence-corrected chi connectivity index (χ1v) is 6.19. The van der Waals surface area contributed by atoms with Crippen LogP contribution in [0.2, 0.25) is 0 Å². The maximum atomic E-state index is 11.0. The molecule has 108 valence electrons. The summed E-state index contributed by atoms with van der Waals surface area (Å²) in [5.41, 5.74) is -1.06. The van der Waals surface area contributed by atoms with E-state index in [1.54, 1.807) is 14.1 Å². The molecule has 2 aliphatic rings. The van der Waals surface area contributed by atoms with E-state index in [1.807, 2.05) is 0 Å². The van der Waals surface area contributed by atoms with Crippen LogP contribution in [0.5, 0.6) is 0 Å². The standard InChI is InChI=1S/C12H19NO6/c1-13(2)19-10-7-3-4-8(11(16)17)18-12(7,10)9(15)5-6-14/h4,7,9-10,14-15H,3,5-6H2,1-2H3,(H,16,17)/t7?,9?,10?,12-/m0/s1. The van der Waals surface area contributed by atoms with E-state index in [0.717, 1.165) is 0 Å². The third kappa shape index (κ3) is 2.34. The number of rotatable bonds is 6. The molecule has 1 heterocycles. The van der Waals surface area contributed by atoms with Gasteiger partial charge in [0.05, 0.1) is 6.10 Å². The molecule has 0 aromatic rings. The van der Waals surface area contributed by atoms with Gasteiger partial charge in [-0.2, -0.15) is 5.06 Å². The third-order valence-corrected chi connectivity index (χ3v) is 3.58. The SMILES string of the molecule is CN(C)OC1C2CC=C(C(=O)O)O[C@]21C(O)CCO. The summed E-state index contributed by atoms with van der Waals surface area (Å²) in [4.78, 5) is 16.5. The Bertz CT molecular complexity index is 396. The molecule has 2 rings (SSSR count). The second-order valence-electron chi connectivity index (χ2n) is 5.04. The van der Waals surface area contributed by atoms with Gasteiger partial charge in [-0.3, -0.25) is 4.84 Å². The van der Waals surface area contributed by atoms with E-state index in [2.05, 4.69) is 0 Å². The van der Waals surface area contributed by atoms with Crippen molar-refractivity contribution < 1.29 is 29.7 Å². The molecule has 3 N–H and O–H groups in total. The molecule has 3 unspecified atom stereocenters. The summed E-state index contributed by atoms with van der Waals surface area (Å²) in [6.45, 7) is -0.195. The first-order chi connectivity index (χ1) is 8.93. The topological polar surface area (TPSA) is 99.5 Å². The van der Waals surface area contributed by atoms with Crippen molar-refractivity contribution in [2.24, 2.45) is 5.92 Å². The van der Waals surface area contributed by atoms with Gasteiger partial charge in [-0.1, -0.05) is 0 Å². The van der Waals surface area contributed by atoms with Crippen molar-refractivity contribution in [1.82, 2.24) is 5.06 Å². The molecule has 1 aliphatic carbocycles. The van der Waals surface area contributed by atoms with Gasteiger partial charge in [0, 0.05) is 33.0 Å². The number of ether oxygens (including phenoxy) is 1. The minimum Gasteiger partial charge on any atom is -0.475 e. The van der Waals surface area contributed by atoms with Gasteiger partial charge in [-0.05, 0) is 12.5 Å². The zero-order valence-corrected chi connectivity index (χ0v) is 10.9. The Morgan fingerprint density at radius 1 is 1.68 bits per heavy atom. The zero-order chi connectivity index (χ0) is 14.2. The lowest BCUT2D eigenvalue weighted by Gasteiger charge is -2.28. The highest BCUT2D eigenvalue weighted by Crippen LogP contribution is 2.58. The Kier molecular flexibility index (Phi) is 3.82. The fourth-order valence-electron chi connectivity index (χ4n) is 2.70. The highest BCUT2D eigenvalue weighted by molar-refractivity contribution is 5.84. The summed E-state index contributed by atoms with van der Waals surface area (Å²) in [5, 5.41) is 29.6. The van der Waals surface area contributed by atoms with Crippen molar-refractivity contribution in [3.05, 3.63) is 11.8 Å². The lowest BCUT2D eigenvalue weighted by molar-refractivity contribution is -0.171. The Morgan fingerprint density at radius 2 is 2.37 bits per heavy atom. The second-order valence-corrected chi connectivity index (χ2v) is 5.04. The zero-order valence-electron chi connectivity index (χ0n) is 10.9. The lowest BCUT2D eigenvalue weighted by Crippen LogP contribution is -2.40. The number of carboxylic acid groups (broad SMARTS) is 1. The molecule has 7 nitrogen and oxygen atoms in total. The van der Waals surface area contributed by atoms with Gasteiger partial charge in [0.1, 0.15) is 6.10 Å². The molecule has 1 fully saturated rings. The van der Waals surface area contributed by atoms with Gasteiger partial charge in [0.2, 0.25) is 5.76 Å². The summed E-state index contributed by atoms with van der Waals surface area (Å²) in [6, 6.07) is 0. The fraction of sp³-hybridized carbons (Fsp3) is 0.750. The average Bonchev–Trinajstić information content (AvgIpc) is 2.97. The average molecular weight is 273 g/mol. The second kappa shape index (κ2) is 5.09. The molecule has 0 spiro atoms. The molecule has 7 heteroatoms. The minimum atomic E-state index is -1.16. The number of allylic oxidation sites excluding steroid dienone is 1. The van der Waals surface area contributed by atoms with Gasteiger partial charge in [-0.25, -0.2) is 4.79 Å². The van der Waals surface area contributed by atoms with E-state index in [-0.39, 0.29) is 24.7 Å². The number of hydrogen-bond acceptors (Lipinski definition) is 6. The summed E-state index contributed by atoms with van der Waals surface area (Å²) in [6.07, 6.45) is 0.725. The summed E-state index contributed by atoms with van der Waals surface area (Å²) in [5.74, 6) is -1.43. The van der Waals surface area contributed by atoms with Crippen molar-refractivity contribution in [2.45, 2.75) is 30.7 Å². The van der Waals surface area contributed by atoms with E-state index in [1.165, 1.54) is 11.1 Å². The van der Waals surface area contributed by atoms with Crippen molar-refractivity contribution >= 4 is 5.97 Å². The van der Waals surface area contributed by atoms with Gasteiger partial charge < -0.3 is 20.1 Å². The first kappa shape index (κ1) is 14.3. The molecule has 0 bridgehead atoms. The van der Waals surface area contributed by atoms with Crippen LogP contribution in [0, 0.1) is 5.92 Å². The van der Waals surface area contributed by atoms with Crippen LogP contribution >= 0.6 is 0 Å². The van der Waals surface area contributed by atoms with Crippen molar-refractivity contribution in [3.63, 3.8) is 0 Å².